The number of hydrogen-bond donors (Lipinski definition) is 0. The summed E-state index contributed by atoms with van der Waals surface area (Å²) in [5.74, 6) is -0.958. The number of benzene rings is 2. The molecule has 1 atom stereocenters. The van der Waals surface area contributed by atoms with Crippen LogP contribution in [0.15, 0.2) is 48.5 Å². The summed E-state index contributed by atoms with van der Waals surface area (Å²) in [6, 6.07) is 15.2. The molecule has 2 rings (SSSR count). The normalized spacial score (nSPS) is 11.7. The molecule has 0 fully saturated rings. The number of hydrogen-bond acceptors (Lipinski definition) is 2. The quantitative estimate of drug-likeness (QED) is 0.783. The van der Waals surface area contributed by atoms with Crippen LogP contribution in [0.2, 0.25) is 0 Å². The topological polar surface area (TPSA) is 40.9 Å². The minimum atomic E-state index is -0.600. The molecule has 2 aromatic carbocycles. The van der Waals surface area contributed by atoms with Crippen molar-refractivity contribution in [2.45, 2.75) is 19.3 Å². The molecule has 2 nitrogen and oxygen atoms in total. The zero-order chi connectivity index (χ0) is 14.5. The third-order valence-electron chi connectivity index (χ3n) is 3.30. The summed E-state index contributed by atoms with van der Waals surface area (Å²) < 4.78 is 13.3. The van der Waals surface area contributed by atoms with E-state index in [0.29, 0.717) is 12.0 Å². The van der Waals surface area contributed by atoms with Crippen LogP contribution in [0.25, 0.3) is 0 Å². The highest BCUT2D eigenvalue weighted by atomic mass is 19.1. The number of Topliss-reactive ketones (excluding diaryl/α,β-unsaturated/α-hetero) is 1. The summed E-state index contributed by atoms with van der Waals surface area (Å²) in [6.07, 6.45) is 0.655. The Bertz CT molecular complexity index is 658. The summed E-state index contributed by atoms with van der Waals surface area (Å²) in [7, 11) is 0. The number of carbonyl (C=O) groups is 1. The molecule has 0 amide bonds. The van der Waals surface area contributed by atoms with Crippen molar-refractivity contribution < 1.29 is 9.18 Å². The monoisotopic (exact) mass is 267 g/mol. The number of ketones is 1. The molecule has 0 aliphatic rings. The van der Waals surface area contributed by atoms with Crippen LogP contribution in [0.4, 0.5) is 4.39 Å². The fraction of sp³-hybridized carbons (Fsp3) is 0.176. The predicted octanol–water partition coefficient (Wildman–Crippen LogP) is 4.07. The second kappa shape index (κ2) is 6.12. The lowest BCUT2D eigenvalue weighted by atomic mass is 9.88. The largest absolute Gasteiger partial charge is 0.293 e. The highest BCUT2D eigenvalue weighted by Crippen LogP contribution is 2.25. The van der Waals surface area contributed by atoms with E-state index in [1.807, 2.05) is 37.3 Å². The van der Waals surface area contributed by atoms with Crippen molar-refractivity contribution in [3.05, 3.63) is 71.0 Å². The molecule has 0 heterocycles. The number of halogens is 1. The van der Waals surface area contributed by atoms with Gasteiger partial charge < -0.3 is 0 Å². The Morgan fingerprint density at radius 1 is 1.25 bits per heavy atom. The Labute approximate surface area is 117 Å². The van der Waals surface area contributed by atoms with E-state index < -0.39 is 5.82 Å². The molecular formula is C17H14FNO. The van der Waals surface area contributed by atoms with Crippen molar-refractivity contribution >= 4 is 5.78 Å². The minimum Gasteiger partial charge on any atom is -0.293 e. The highest BCUT2D eigenvalue weighted by molar-refractivity contribution is 6.01. The molecule has 0 radical (unpaired) electrons. The van der Waals surface area contributed by atoms with Gasteiger partial charge in [0.25, 0.3) is 0 Å². The average molecular weight is 267 g/mol. The maximum absolute atomic E-state index is 13.3. The van der Waals surface area contributed by atoms with E-state index in [1.54, 1.807) is 6.07 Å². The molecule has 20 heavy (non-hydrogen) atoms. The van der Waals surface area contributed by atoms with Crippen molar-refractivity contribution in [1.29, 1.82) is 5.26 Å². The van der Waals surface area contributed by atoms with Crippen molar-refractivity contribution in [3.63, 3.8) is 0 Å². The zero-order valence-corrected chi connectivity index (χ0v) is 11.1. The van der Waals surface area contributed by atoms with E-state index in [1.165, 1.54) is 18.2 Å². The molecule has 2 aromatic rings. The second-order valence-corrected chi connectivity index (χ2v) is 4.54. The van der Waals surface area contributed by atoms with E-state index in [-0.39, 0.29) is 17.3 Å². The van der Waals surface area contributed by atoms with Crippen LogP contribution in [0.5, 0.6) is 0 Å². The smallest absolute Gasteiger partial charge is 0.170 e. The third-order valence-corrected chi connectivity index (χ3v) is 3.30. The minimum absolute atomic E-state index is 0.0878. The number of rotatable bonds is 4. The molecule has 0 aromatic heterocycles. The Hall–Kier alpha value is -2.47. The summed E-state index contributed by atoms with van der Waals surface area (Å²) in [4.78, 5) is 12.5. The number of nitrogens with zero attached hydrogens (tertiary/aromatic N) is 1. The first-order valence-corrected chi connectivity index (χ1v) is 6.46. The Morgan fingerprint density at radius 2 is 1.95 bits per heavy atom. The predicted molar refractivity (Wildman–Crippen MR) is 74.9 cm³/mol. The van der Waals surface area contributed by atoms with Gasteiger partial charge in [-0.1, -0.05) is 37.3 Å². The van der Waals surface area contributed by atoms with Crippen molar-refractivity contribution in [2.75, 3.05) is 0 Å². The van der Waals surface area contributed by atoms with Crippen LogP contribution >= 0.6 is 0 Å². The van der Waals surface area contributed by atoms with Crippen molar-refractivity contribution in [1.82, 2.24) is 0 Å². The molecule has 0 N–H and O–H groups in total. The number of nitriles is 1. The molecule has 0 spiro atoms. The Balaban J connectivity index is 2.37. The van der Waals surface area contributed by atoms with Crippen LogP contribution in [0, 0.1) is 17.1 Å². The van der Waals surface area contributed by atoms with Gasteiger partial charge >= 0.3 is 0 Å². The zero-order valence-electron chi connectivity index (χ0n) is 11.1. The van der Waals surface area contributed by atoms with E-state index in [2.05, 4.69) is 0 Å². The van der Waals surface area contributed by atoms with Crippen molar-refractivity contribution in [3.8, 4) is 6.07 Å². The van der Waals surface area contributed by atoms with Gasteiger partial charge in [-0.15, -0.1) is 0 Å². The first-order valence-electron chi connectivity index (χ1n) is 6.46. The van der Waals surface area contributed by atoms with Gasteiger partial charge in [-0.3, -0.25) is 4.79 Å². The van der Waals surface area contributed by atoms with Crippen LogP contribution in [0.1, 0.15) is 40.7 Å². The molecule has 0 aliphatic carbocycles. The van der Waals surface area contributed by atoms with Crippen LogP contribution in [-0.2, 0) is 0 Å². The maximum Gasteiger partial charge on any atom is 0.170 e. The van der Waals surface area contributed by atoms with Gasteiger partial charge in [0.1, 0.15) is 11.9 Å². The lowest BCUT2D eigenvalue weighted by molar-refractivity contribution is 0.0957. The lowest BCUT2D eigenvalue weighted by Crippen LogP contribution is -2.12. The first kappa shape index (κ1) is 14.0. The molecule has 1 unspecified atom stereocenters. The fourth-order valence-corrected chi connectivity index (χ4v) is 2.22. The first-order chi connectivity index (χ1) is 9.67. The summed E-state index contributed by atoms with van der Waals surface area (Å²) in [5.41, 5.74) is 1.21. The second-order valence-electron chi connectivity index (χ2n) is 4.54. The van der Waals surface area contributed by atoms with Crippen molar-refractivity contribution in [2.24, 2.45) is 0 Å². The van der Waals surface area contributed by atoms with Gasteiger partial charge in [0, 0.05) is 11.5 Å². The van der Waals surface area contributed by atoms with Crippen LogP contribution in [0.3, 0.4) is 0 Å². The molecule has 0 saturated carbocycles. The lowest BCUT2D eigenvalue weighted by Gasteiger charge is -2.14. The molecule has 3 heteroatoms. The molecule has 0 saturated heterocycles. The summed E-state index contributed by atoms with van der Waals surface area (Å²) >= 11 is 0. The van der Waals surface area contributed by atoms with Gasteiger partial charge in [-0.05, 0) is 30.2 Å². The molecular weight excluding hydrogens is 253 g/mol. The summed E-state index contributed by atoms with van der Waals surface area (Å²) in [5, 5.41) is 8.84. The van der Waals surface area contributed by atoms with Crippen LogP contribution in [-0.4, -0.2) is 5.78 Å². The van der Waals surface area contributed by atoms with Gasteiger partial charge in [-0.25, -0.2) is 4.39 Å². The van der Waals surface area contributed by atoms with E-state index in [0.717, 1.165) is 5.56 Å². The molecule has 0 bridgehead atoms. The molecule has 0 aliphatic heterocycles. The third kappa shape index (κ3) is 2.75. The SMILES string of the molecule is CCC(C(=O)c1ccc(F)c(C#N)c1)c1ccccc1. The van der Waals surface area contributed by atoms with E-state index in [9.17, 15) is 9.18 Å². The van der Waals surface area contributed by atoms with E-state index >= 15 is 0 Å². The summed E-state index contributed by atoms with van der Waals surface area (Å²) in [6.45, 7) is 1.93. The standard InChI is InChI=1S/C17H14FNO/c1-2-15(12-6-4-3-5-7-12)17(20)13-8-9-16(18)14(10-13)11-19/h3-10,15H,2H2,1H3. The van der Waals surface area contributed by atoms with E-state index in [4.69, 9.17) is 5.26 Å². The average Bonchev–Trinajstić information content (AvgIpc) is 2.49. The van der Waals surface area contributed by atoms with Gasteiger partial charge in [0.2, 0.25) is 0 Å². The fourth-order valence-electron chi connectivity index (χ4n) is 2.22. The van der Waals surface area contributed by atoms with Gasteiger partial charge in [0.15, 0.2) is 5.78 Å². The number of carbonyl (C=O) groups excluding carboxylic acids is 1. The van der Waals surface area contributed by atoms with Crippen LogP contribution < -0.4 is 0 Å². The maximum atomic E-state index is 13.3. The highest BCUT2D eigenvalue weighted by Gasteiger charge is 2.20. The Kier molecular flexibility index (Phi) is 4.27. The molecule has 100 valence electrons. The van der Waals surface area contributed by atoms with Gasteiger partial charge in [0.05, 0.1) is 5.56 Å². The van der Waals surface area contributed by atoms with Gasteiger partial charge in [-0.2, -0.15) is 5.26 Å². The Morgan fingerprint density at radius 3 is 2.55 bits per heavy atom.